The number of amides is 2. The van der Waals surface area contributed by atoms with Crippen LogP contribution in [0.5, 0.6) is 11.5 Å². The molecule has 1 atom stereocenters. The Balaban J connectivity index is 1.58. The molecule has 3 aromatic rings. The second kappa shape index (κ2) is 8.41. The zero-order valence-corrected chi connectivity index (χ0v) is 17.1. The van der Waals surface area contributed by atoms with Crippen molar-refractivity contribution < 1.29 is 14.3 Å². The molecule has 3 aromatic carbocycles. The molecule has 1 N–H and O–H groups in total. The first-order valence-electron chi connectivity index (χ1n) is 10.0. The Hall–Kier alpha value is -3.60. The van der Waals surface area contributed by atoms with Crippen LogP contribution in [0.25, 0.3) is 0 Å². The fourth-order valence-electron chi connectivity index (χ4n) is 3.62. The number of likely N-dealkylation sites (tertiary alicyclic amines) is 1. The van der Waals surface area contributed by atoms with Gasteiger partial charge in [0.25, 0.3) is 5.91 Å². The molecule has 1 aliphatic rings. The van der Waals surface area contributed by atoms with E-state index in [1.807, 2.05) is 86.6 Å². The number of carbonyl (C=O) groups is 2. The van der Waals surface area contributed by atoms with E-state index in [2.05, 4.69) is 5.32 Å². The molecular formula is C25H24N2O3. The van der Waals surface area contributed by atoms with Gasteiger partial charge in [0.2, 0.25) is 5.91 Å². The lowest BCUT2D eigenvalue weighted by molar-refractivity contribution is -0.147. The fourth-order valence-corrected chi connectivity index (χ4v) is 3.62. The first kappa shape index (κ1) is 19.7. The van der Waals surface area contributed by atoms with Gasteiger partial charge in [-0.2, -0.15) is 0 Å². The maximum Gasteiger partial charge on any atom is 0.251 e. The van der Waals surface area contributed by atoms with Crippen LogP contribution in [0.4, 0.5) is 5.69 Å². The van der Waals surface area contributed by atoms with Crippen molar-refractivity contribution in [3.63, 3.8) is 0 Å². The quantitative estimate of drug-likeness (QED) is 0.592. The van der Waals surface area contributed by atoms with Crippen LogP contribution in [0.15, 0.2) is 72.8 Å². The number of benzene rings is 3. The van der Waals surface area contributed by atoms with Gasteiger partial charge in [0.1, 0.15) is 17.5 Å². The molecule has 2 amide bonds. The van der Waals surface area contributed by atoms with Crippen LogP contribution in [0.3, 0.4) is 0 Å². The van der Waals surface area contributed by atoms with Gasteiger partial charge in [-0.1, -0.05) is 48.5 Å². The minimum Gasteiger partial charge on any atom is -0.457 e. The third-order valence-electron chi connectivity index (χ3n) is 5.35. The number of aryl methyl sites for hydroxylation is 2. The van der Waals surface area contributed by atoms with E-state index >= 15 is 0 Å². The number of nitrogens with one attached hydrogen (secondary N) is 1. The molecule has 30 heavy (non-hydrogen) atoms. The van der Waals surface area contributed by atoms with Gasteiger partial charge >= 0.3 is 0 Å². The maximum atomic E-state index is 13.2. The molecule has 0 aromatic heterocycles. The molecule has 1 aliphatic heterocycles. The van der Waals surface area contributed by atoms with Crippen molar-refractivity contribution in [2.24, 2.45) is 0 Å². The summed E-state index contributed by atoms with van der Waals surface area (Å²) in [5, 5.41) is 3.04. The number of hydrogen-bond acceptors (Lipinski definition) is 3. The number of nitrogens with zero attached hydrogens (tertiary/aromatic N) is 1. The lowest BCUT2D eigenvalue weighted by atomic mass is 9.99. The van der Waals surface area contributed by atoms with E-state index in [9.17, 15) is 9.59 Å². The number of ether oxygens (including phenoxy) is 1. The zero-order valence-electron chi connectivity index (χ0n) is 17.1. The smallest absolute Gasteiger partial charge is 0.251 e. The van der Waals surface area contributed by atoms with E-state index < -0.39 is 6.04 Å². The summed E-state index contributed by atoms with van der Waals surface area (Å²) in [5.74, 6) is 1.19. The average Bonchev–Trinajstić information content (AvgIpc) is 2.75. The molecule has 0 aliphatic carbocycles. The van der Waals surface area contributed by atoms with E-state index in [0.717, 1.165) is 28.1 Å². The minimum atomic E-state index is -0.670. The van der Waals surface area contributed by atoms with Crippen molar-refractivity contribution in [3.8, 4) is 11.5 Å². The Bertz CT molecular complexity index is 1040. The molecule has 1 fully saturated rings. The molecule has 0 radical (unpaired) electrons. The molecule has 0 spiro atoms. The Kier molecular flexibility index (Phi) is 5.53. The van der Waals surface area contributed by atoms with Crippen molar-refractivity contribution in [1.82, 2.24) is 4.90 Å². The zero-order chi connectivity index (χ0) is 21.1. The summed E-state index contributed by atoms with van der Waals surface area (Å²) >= 11 is 0. The predicted molar refractivity (Wildman–Crippen MR) is 117 cm³/mol. The van der Waals surface area contributed by atoms with Crippen molar-refractivity contribution in [3.05, 3.63) is 89.5 Å². The fraction of sp³-hybridized carbons (Fsp3) is 0.200. The van der Waals surface area contributed by atoms with Crippen LogP contribution in [-0.2, 0) is 9.59 Å². The topological polar surface area (TPSA) is 58.6 Å². The number of anilines is 1. The lowest BCUT2D eigenvalue weighted by Crippen LogP contribution is -2.49. The van der Waals surface area contributed by atoms with E-state index in [4.69, 9.17) is 4.74 Å². The van der Waals surface area contributed by atoms with Gasteiger partial charge < -0.3 is 15.0 Å². The summed E-state index contributed by atoms with van der Waals surface area (Å²) in [6.07, 6.45) is 0.475. The molecule has 152 valence electrons. The van der Waals surface area contributed by atoms with E-state index in [-0.39, 0.29) is 11.8 Å². The van der Waals surface area contributed by atoms with Crippen molar-refractivity contribution >= 4 is 17.5 Å². The number of rotatable bonds is 6. The number of hydrogen-bond donors (Lipinski definition) is 1. The molecular weight excluding hydrogens is 376 g/mol. The SMILES string of the molecule is Cc1cccc(C)c1NC(=O)C(c1ccc(Oc2ccccc2)cc1)N1CCC1=O. The minimum absolute atomic E-state index is 0.0127. The van der Waals surface area contributed by atoms with Crippen molar-refractivity contribution in [1.29, 1.82) is 0 Å². The van der Waals surface area contributed by atoms with Crippen LogP contribution >= 0.6 is 0 Å². The second-order valence-electron chi connectivity index (χ2n) is 7.48. The van der Waals surface area contributed by atoms with E-state index in [1.54, 1.807) is 4.90 Å². The molecule has 1 saturated heterocycles. The summed E-state index contributed by atoms with van der Waals surface area (Å²) in [5.41, 5.74) is 3.53. The lowest BCUT2D eigenvalue weighted by Gasteiger charge is -2.37. The highest BCUT2D eigenvalue weighted by Gasteiger charge is 2.37. The molecule has 0 bridgehead atoms. The molecule has 5 heteroatoms. The normalized spacial score (nSPS) is 14.1. The summed E-state index contributed by atoms with van der Waals surface area (Å²) < 4.78 is 5.84. The highest BCUT2D eigenvalue weighted by atomic mass is 16.5. The Morgan fingerprint density at radius 1 is 0.900 bits per heavy atom. The molecule has 5 nitrogen and oxygen atoms in total. The second-order valence-corrected chi connectivity index (χ2v) is 7.48. The third kappa shape index (κ3) is 4.06. The van der Waals surface area contributed by atoms with Crippen molar-refractivity contribution in [2.45, 2.75) is 26.3 Å². The van der Waals surface area contributed by atoms with Gasteiger partial charge in [-0.25, -0.2) is 0 Å². The van der Waals surface area contributed by atoms with Gasteiger partial charge in [-0.05, 0) is 54.8 Å². The number of para-hydroxylation sites is 2. The van der Waals surface area contributed by atoms with E-state index in [1.165, 1.54) is 0 Å². The summed E-state index contributed by atoms with van der Waals surface area (Å²) in [6.45, 7) is 4.50. The average molecular weight is 400 g/mol. The van der Waals surface area contributed by atoms with Gasteiger partial charge in [-0.3, -0.25) is 9.59 Å². The summed E-state index contributed by atoms with van der Waals surface area (Å²) in [4.78, 5) is 27.0. The van der Waals surface area contributed by atoms with Gasteiger partial charge in [0.05, 0.1) is 0 Å². The highest BCUT2D eigenvalue weighted by molar-refractivity contribution is 5.99. The maximum absolute atomic E-state index is 13.2. The van der Waals surface area contributed by atoms with Gasteiger partial charge in [0, 0.05) is 18.7 Å². The Morgan fingerprint density at radius 3 is 2.10 bits per heavy atom. The monoisotopic (exact) mass is 400 g/mol. The third-order valence-corrected chi connectivity index (χ3v) is 5.35. The molecule has 4 rings (SSSR count). The van der Waals surface area contributed by atoms with Crippen LogP contribution in [0, 0.1) is 13.8 Å². The van der Waals surface area contributed by atoms with E-state index in [0.29, 0.717) is 18.7 Å². The van der Waals surface area contributed by atoms with Crippen LogP contribution in [0.1, 0.15) is 29.2 Å². The number of carbonyl (C=O) groups excluding carboxylic acids is 2. The molecule has 1 unspecified atom stereocenters. The van der Waals surface area contributed by atoms with Crippen LogP contribution in [0.2, 0.25) is 0 Å². The number of β-lactam (4-membered cyclic amide) rings is 1. The van der Waals surface area contributed by atoms with Crippen LogP contribution in [-0.4, -0.2) is 23.3 Å². The van der Waals surface area contributed by atoms with Gasteiger partial charge in [0.15, 0.2) is 0 Å². The predicted octanol–water partition coefficient (Wildman–Crippen LogP) is 5.01. The summed E-state index contributed by atoms with van der Waals surface area (Å²) in [6, 6.07) is 22.1. The highest BCUT2D eigenvalue weighted by Crippen LogP contribution is 2.31. The first-order chi connectivity index (χ1) is 14.5. The Morgan fingerprint density at radius 2 is 1.53 bits per heavy atom. The standard InChI is InChI=1S/C25H24N2O3/c1-17-7-6-8-18(2)23(17)26-25(29)24(27-16-15-22(27)28)19-11-13-21(14-12-19)30-20-9-4-3-5-10-20/h3-14,24H,15-16H2,1-2H3,(H,26,29). The Labute approximate surface area is 176 Å². The van der Waals surface area contributed by atoms with Crippen LogP contribution < -0.4 is 10.1 Å². The van der Waals surface area contributed by atoms with Gasteiger partial charge in [-0.15, -0.1) is 0 Å². The first-order valence-corrected chi connectivity index (χ1v) is 10.0. The van der Waals surface area contributed by atoms with Crippen molar-refractivity contribution in [2.75, 3.05) is 11.9 Å². The molecule has 0 saturated carbocycles. The largest absolute Gasteiger partial charge is 0.457 e. The summed E-state index contributed by atoms with van der Waals surface area (Å²) in [7, 11) is 0. The molecule has 1 heterocycles.